The summed E-state index contributed by atoms with van der Waals surface area (Å²) in [5, 5.41) is 8.41. The van der Waals surface area contributed by atoms with Crippen LogP contribution in [0.5, 0.6) is 0 Å². The van der Waals surface area contributed by atoms with E-state index in [-0.39, 0.29) is 6.03 Å². The topological polar surface area (TPSA) is 70.6 Å². The van der Waals surface area contributed by atoms with Crippen molar-refractivity contribution in [3.63, 3.8) is 0 Å². The van der Waals surface area contributed by atoms with Crippen molar-refractivity contribution in [1.82, 2.24) is 0 Å². The number of amides is 2. The van der Waals surface area contributed by atoms with Gasteiger partial charge >= 0.3 is 6.03 Å². The van der Waals surface area contributed by atoms with Gasteiger partial charge in [0, 0.05) is 5.69 Å². The van der Waals surface area contributed by atoms with E-state index >= 15 is 0 Å². The Morgan fingerprint density at radius 2 is 1.60 bits per heavy atom. The summed E-state index contributed by atoms with van der Waals surface area (Å²) >= 11 is 1.52. The average Bonchev–Trinajstić information content (AvgIpc) is 3.02. The minimum atomic E-state index is -0.211. The molecule has 0 saturated heterocycles. The molecule has 0 spiro atoms. The predicted octanol–water partition coefficient (Wildman–Crippen LogP) is 5.35. The summed E-state index contributed by atoms with van der Waals surface area (Å²) in [6.07, 6.45) is 1.46. The molecule has 3 rings (SSSR count). The van der Waals surface area contributed by atoms with E-state index in [1.807, 2.05) is 66.9 Å². The number of thiophene rings is 1. The second kappa shape index (κ2) is 9.82. The molecule has 0 fully saturated rings. The van der Waals surface area contributed by atoms with Crippen LogP contribution in [-0.2, 0) is 4.79 Å². The standard InChI is InChI=1S/C12H12N2OS.C7H5NO/c1-9-7-8-16-11(9)14-12(15)13-10-5-3-2-4-6-10;9-6-8-7-4-2-1-3-5-7/h2-8H,1H3,(H2,13,14,15);1-5H. The highest BCUT2D eigenvalue weighted by Gasteiger charge is 2.05. The van der Waals surface area contributed by atoms with Crippen LogP contribution in [0.4, 0.5) is 21.2 Å². The monoisotopic (exact) mass is 351 g/mol. The third-order valence-corrected chi connectivity index (χ3v) is 3.98. The third kappa shape index (κ3) is 6.43. The Balaban J connectivity index is 0.000000212. The van der Waals surface area contributed by atoms with Gasteiger partial charge in [-0.3, -0.25) is 5.32 Å². The molecular weight excluding hydrogens is 334 g/mol. The van der Waals surface area contributed by atoms with Gasteiger partial charge in [0.2, 0.25) is 6.08 Å². The van der Waals surface area contributed by atoms with Crippen molar-refractivity contribution in [3.8, 4) is 0 Å². The molecule has 3 aromatic rings. The molecule has 0 unspecified atom stereocenters. The van der Waals surface area contributed by atoms with Gasteiger partial charge in [-0.05, 0) is 48.2 Å². The fourth-order valence-electron chi connectivity index (χ4n) is 1.84. The number of hydrogen-bond donors (Lipinski definition) is 2. The fourth-order valence-corrected chi connectivity index (χ4v) is 2.66. The predicted molar refractivity (Wildman–Crippen MR) is 102 cm³/mol. The molecule has 6 heteroatoms. The van der Waals surface area contributed by atoms with Crippen LogP contribution in [0.25, 0.3) is 0 Å². The first-order valence-corrected chi connectivity index (χ1v) is 8.37. The van der Waals surface area contributed by atoms with E-state index in [0.717, 1.165) is 16.3 Å². The van der Waals surface area contributed by atoms with Crippen LogP contribution in [-0.4, -0.2) is 12.1 Å². The molecule has 0 aliphatic carbocycles. The van der Waals surface area contributed by atoms with Crippen molar-refractivity contribution in [2.24, 2.45) is 4.99 Å². The van der Waals surface area contributed by atoms with E-state index in [2.05, 4.69) is 15.6 Å². The Hall–Kier alpha value is -3.21. The lowest BCUT2D eigenvalue weighted by Crippen LogP contribution is -2.19. The average molecular weight is 351 g/mol. The van der Waals surface area contributed by atoms with Crippen molar-refractivity contribution in [1.29, 1.82) is 0 Å². The summed E-state index contributed by atoms with van der Waals surface area (Å²) in [6.45, 7) is 1.97. The van der Waals surface area contributed by atoms with Crippen LogP contribution in [0, 0.1) is 6.92 Å². The Bertz CT molecular complexity index is 841. The molecule has 0 saturated carbocycles. The van der Waals surface area contributed by atoms with Crippen molar-refractivity contribution in [2.45, 2.75) is 6.92 Å². The molecule has 0 atom stereocenters. The van der Waals surface area contributed by atoms with E-state index < -0.39 is 0 Å². The summed E-state index contributed by atoms with van der Waals surface area (Å²) in [5.41, 5.74) is 2.51. The number of aryl methyl sites for hydroxylation is 1. The van der Waals surface area contributed by atoms with Gasteiger partial charge < -0.3 is 5.32 Å². The lowest BCUT2D eigenvalue weighted by molar-refractivity contribution is 0.262. The van der Waals surface area contributed by atoms with Crippen LogP contribution in [0.1, 0.15) is 5.56 Å². The van der Waals surface area contributed by atoms with Gasteiger partial charge in [0.1, 0.15) is 0 Å². The number of benzene rings is 2. The van der Waals surface area contributed by atoms with Gasteiger partial charge in [0.05, 0.1) is 10.7 Å². The SMILES string of the molecule is Cc1ccsc1NC(=O)Nc1ccccc1.O=C=Nc1ccccc1. The quantitative estimate of drug-likeness (QED) is 0.493. The van der Waals surface area contributed by atoms with Crippen molar-refractivity contribution in [3.05, 3.63) is 77.7 Å². The molecule has 25 heavy (non-hydrogen) atoms. The minimum Gasteiger partial charge on any atom is -0.308 e. The number of isocyanates is 1. The molecule has 0 aliphatic rings. The first-order valence-electron chi connectivity index (χ1n) is 7.49. The summed E-state index contributed by atoms with van der Waals surface area (Å²) < 4.78 is 0. The summed E-state index contributed by atoms with van der Waals surface area (Å²) in [6, 6.07) is 20.1. The highest BCUT2D eigenvalue weighted by Crippen LogP contribution is 2.21. The van der Waals surface area contributed by atoms with E-state index in [1.54, 1.807) is 12.1 Å². The van der Waals surface area contributed by atoms with E-state index in [1.165, 1.54) is 17.4 Å². The third-order valence-electron chi connectivity index (χ3n) is 3.05. The molecule has 2 N–H and O–H groups in total. The highest BCUT2D eigenvalue weighted by atomic mass is 32.1. The number of anilines is 2. The Labute approximate surface area is 150 Å². The zero-order valence-corrected chi connectivity index (χ0v) is 14.4. The van der Waals surface area contributed by atoms with Crippen molar-refractivity contribution >= 4 is 39.8 Å². The van der Waals surface area contributed by atoms with E-state index in [4.69, 9.17) is 0 Å². The van der Waals surface area contributed by atoms with Crippen LogP contribution >= 0.6 is 11.3 Å². The van der Waals surface area contributed by atoms with Crippen molar-refractivity contribution in [2.75, 3.05) is 10.6 Å². The first-order chi connectivity index (χ1) is 12.2. The number of nitrogens with one attached hydrogen (secondary N) is 2. The molecule has 1 aromatic heterocycles. The number of urea groups is 1. The number of rotatable bonds is 3. The number of nitrogens with zero attached hydrogens (tertiary/aromatic N) is 1. The summed E-state index contributed by atoms with van der Waals surface area (Å²) in [4.78, 5) is 24.7. The molecule has 0 aliphatic heterocycles. The summed E-state index contributed by atoms with van der Waals surface area (Å²) in [5.74, 6) is 0. The van der Waals surface area contributed by atoms with Gasteiger partial charge in [-0.2, -0.15) is 4.99 Å². The van der Waals surface area contributed by atoms with Gasteiger partial charge in [0.25, 0.3) is 0 Å². The number of aliphatic imine (C=N–C) groups is 1. The molecule has 1 heterocycles. The lowest BCUT2D eigenvalue weighted by Gasteiger charge is -2.06. The van der Waals surface area contributed by atoms with Gasteiger partial charge in [0.15, 0.2) is 0 Å². The fraction of sp³-hybridized carbons (Fsp3) is 0.0526. The smallest absolute Gasteiger partial charge is 0.308 e. The number of carbonyl (C=O) groups is 1. The molecule has 0 bridgehead atoms. The number of hydrogen-bond acceptors (Lipinski definition) is 4. The maximum absolute atomic E-state index is 11.6. The molecule has 5 nitrogen and oxygen atoms in total. The second-order valence-electron chi connectivity index (χ2n) is 4.92. The highest BCUT2D eigenvalue weighted by molar-refractivity contribution is 7.14. The van der Waals surface area contributed by atoms with Crippen LogP contribution < -0.4 is 10.6 Å². The molecular formula is C19H17N3O2S. The van der Waals surface area contributed by atoms with Crippen LogP contribution in [0.3, 0.4) is 0 Å². The second-order valence-corrected chi connectivity index (χ2v) is 5.83. The Kier molecular flexibility index (Phi) is 7.13. The minimum absolute atomic E-state index is 0.211. The van der Waals surface area contributed by atoms with Crippen molar-refractivity contribution < 1.29 is 9.59 Å². The first kappa shape index (κ1) is 18.1. The zero-order chi connectivity index (χ0) is 17.9. The largest absolute Gasteiger partial charge is 0.324 e. The molecule has 2 aromatic carbocycles. The lowest BCUT2D eigenvalue weighted by atomic mass is 10.3. The summed E-state index contributed by atoms with van der Waals surface area (Å²) in [7, 11) is 0. The maximum atomic E-state index is 11.6. The number of carbonyl (C=O) groups excluding carboxylic acids is 2. The van der Waals surface area contributed by atoms with Crippen LogP contribution in [0.15, 0.2) is 77.1 Å². The van der Waals surface area contributed by atoms with Gasteiger partial charge in [-0.25, -0.2) is 9.59 Å². The number of para-hydroxylation sites is 2. The normalized spacial score (nSPS) is 9.16. The molecule has 0 radical (unpaired) electrons. The van der Waals surface area contributed by atoms with Gasteiger partial charge in [-0.1, -0.05) is 36.4 Å². The zero-order valence-electron chi connectivity index (χ0n) is 13.6. The van der Waals surface area contributed by atoms with E-state index in [9.17, 15) is 9.59 Å². The van der Waals surface area contributed by atoms with E-state index in [0.29, 0.717) is 5.69 Å². The Morgan fingerprint density at radius 3 is 2.16 bits per heavy atom. The Morgan fingerprint density at radius 1 is 0.960 bits per heavy atom. The maximum Gasteiger partial charge on any atom is 0.324 e. The molecule has 126 valence electrons. The molecule has 2 amide bonds. The van der Waals surface area contributed by atoms with Crippen LogP contribution in [0.2, 0.25) is 0 Å². The van der Waals surface area contributed by atoms with Gasteiger partial charge in [-0.15, -0.1) is 11.3 Å².